The second-order valence-electron chi connectivity index (χ2n) is 21.5. The van der Waals surface area contributed by atoms with Crippen molar-refractivity contribution in [1.29, 1.82) is 0 Å². The maximum Gasteiger partial charge on any atom is 0.253 e. The third-order valence-electron chi connectivity index (χ3n) is 14.5. The van der Waals surface area contributed by atoms with Gasteiger partial charge in [-0.3, -0.25) is 0 Å². The molecule has 0 N–H and O–H groups in total. The number of aromatic nitrogens is 4. The van der Waals surface area contributed by atoms with Gasteiger partial charge in [-0.2, -0.15) is 16.7 Å². The molecule has 0 atom stereocenters. The molecule has 0 aliphatic carbocycles. The van der Waals surface area contributed by atoms with E-state index in [1.54, 1.807) is 24.5 Å². The van der Waals surface area contributed by atoms with Crippen molar-refractivity contribution in [3.63, 3.8) is 0 Å². The molecule has 0 radical (unpaired) electrons. The first-order valence-electron chi connectivity index (χ1n) is 35.5. The van der Waals surface area contributed by atoms with Crippen LogP contribution in [0.1, 0.15) is 78.7 Å². The van der Waals surface area contributed by atoms with Crippen LogP contribution in [0.2, 0.25) is 0 Å². The Labute approximate surface area is 517 Å². The van der Waals surface area contributed by atoms with Crippen molar-refractivity contribution in [3.05, 3.63) is 284 Å². The number of pyridine rings is 1. The molecule has 0 aliphatic heterocycles. The Morgan fingerprint density at radius 2 is 1.11 bits per heavy atom. The first kappa shape index (κ1) is 35.1. The number of nitrogens with zero attached hydrogens (tertiary/aromatic N) is 4. The fourth-order valence-electron chi connectivity index (χ4n) is 10.5. The van der Waals surface area contributed by atoms with E-state index in [1.807, 2.05) is 118 Å². The van der Waals surface area contributed by atoms with Crippen LogP contribution in [0.5, 0.6) is 11.5 Å². The van der Waals surface area contributed by atoms with Gasteiger partial charge in [0.15, 0.2) is 19.1 Å². The summed E-state index contributed by atoms with van der Waals surface area (Å²) in [5, 5.41) is -1.75. The van der Waals surface area contributed by atoms with Crippen molar-refractivity contribution in [3.8, 4) is 50.9 Å². The molecule has 81 heavy (non-hydrogen) atoms. The SMILES string of the molecule is [2H]c1c([2H])c([2H])c([Si](c2c([2H])c([2H])c([2H])c([2H])c2[2H])(c2c([2H])c([2H])c([2H])c([2H])c2[2H])c2c([2H])c([2H])c([2H])c(-c3cccc(-c4cccc(C(C)(C)C)c4)c3-[n+]3cn(-c4[c-]c(Oc5[c-]c6c(cc5)c5ccccc5n6-c5cc(C(C)(C)C)ccn5)ccc4)c4ccccc43)c2[2H])c([2H])c1[2H].[Pt]. The molecule has 398 valence electrons. The van der Waals surface area contributed by atoms with Gasteiger partial charge in [-0.25, -0.2) is 9.55 Å². The molecule has 0 saturated heterocycles. The van der Waals surface area contributed by atoms with Gasteiger partial charge in [0.2, 0.25) is 0 Å². The zero-order chi connectivity index (χ0) is 71.1. The second-order valence-corrected chi connectivity index (χ2v) is 25.0. The molecule has 10 aromatic carbocycles. The van der Waals surface area contributed by atoms with Crippen molar-refractivity contribution in [2.75, 3.05) is 0 Å². The molecule has 0 saturated carbocycles. The number of hydrogen-bond donors (Lipinski definition) is 0. The third-order valence-corrected chi connectivity index (χ3v) is 18.5. The minimum Gasteiger partial charge on any atom is -0.509 e. The molecule has 3 heterocycles. The van der Waals surface area contributed by atoms with Gasteiger partial charge < -0.3 is 9.30 Å². The summed E-state index contributed by atoms with van der Waals surface area (Å²) in [5.74, 6) is 1.42. The standard InChI is InChI=1S/C74H61N4OSi.Pt/c1-73(2,3)54-26-20-24-52(46-54)63-37-23-38-64(53-25-21-35-62(47-53)80(59-29-10-7-11-30-59,60-31-12-8-13-32-60)61-33-14-9-15-34-61)72(63)77-51-76(68-40-18-19-41-69(68)77)56-27-22-28-57(49-56)79-58-42-43-66-65-36-16-17-39-67(65)78(70(66)50-58)71-48-55(44-45-75-71)74(4,5)6;/h7-48,51H,1-6H3;/q-1;/i7D,8D,9D,10D,11D,12D,13D,14D,15D,21D,25D,29D,30D,31D,32D,33D,34D,35D,47D;. The van der Waals surface area contributed by atoms with Crippen molar-refractivity contribution < 1.29 is 56.4 Å². The summed E-state index contributed by atoms with van der Waals surface area (Å²) < 4.78 is 193. The maximum atomic E-state index is 10.9. The van der Waals surface area contributed by atoms with Gasteiger partial charge in [-0.15, -0.1) is 29.7 Å². The topological polar surface area (TPSA) is 35.9 Å². The van der Waals surface area contributed by atoms with Crippen LogP contribution in [0.3, 0.4) is 0 Å². The van der Waals surface area contributed by atoms with Crippen LogP contribution in [-0.4, -0.2) is 22.2 Å². The molecular formula is C74H61N4OPtSi-. The van der Waals surface area contributed by atoms with E-state index in [0.29, 0.717) is 45.2 Å². The quantitative estimate of drug-likeness (QED) is 0.0560. The normalized spacial score (nSPS) is 15.3. The number of imidazole rings is 1. The number of para-hydroxylation sites is 4. The summed E-state index contributed by atoms with van der Waals surface area (Å²) in [4.78, 5) is 4.84. The third kappa shape index (κ3) is 9.67. The van der Waals surface area contributed by atoms with E-state index in [9.17, 15) is 13.7 Å². The average Bonchev–Trinajstić information content (AvgIpc) is 0.865. The Balaban J connectivity index is 0.00000948. The van der Waals surface area contributed by atoms with Crippen LogP contribution >= 0.6 is 0 Å². The maximum absolute atomic E-state index is 10.9. The van der Waals surface area contributed by atoms with Crippen LogP contribution in [0.4, 0.5) is 0 Å². The Morgan fingerprint density at radius 3 is 1.80 bits per heavy atom. The fraction of sp³-hybridized carbons (Fsp3) is 0.108. The average molecular weight is 1260 g/mol. The zero-order valence-electron chi connectivity index (χ0n) is 63.9. The Morgan fingerprint density at radius 1 is 0.519 bits per heavy atom. The van der Waals surface area contributed by atoms with E-state index in [-0.39, 0.29) is 37.7 Å². The van der Waals surface area contributed by atoms with Crippen molar-refractivity contribution in [2.24, 2.45) is 0 Å². The number of ether oxygens (including phenoxy) is 1. The van der Waals surface area contributed by atoms with E-state index in [0.717, 1.165) is 32.9 Å². The Bertz CT molecular complexity index is 5350. The van der Waals surface area contributed by atoms with Crippen LogP contribution in [0.15, 0.2) is 261 Å². The van der Waals surface area contributed by atoms with Crippen LogP contribution in [0.25, 0.3) is 72.3 Å². The first-order valence-corrected chi connectivity index (χ1v) is 28.0. The molecule has 13 aromatic rings. The Kier molecular flexibility index (Phi) is 9.29. The van der Waals surface area contributed by atoms with E-state index in [4.69, 9.17) is 22.1 Å². The first-order chi connectivity index (χ1) is 46.8. The summed E-state index contributed by atoms with van der Waals surface area (Å²) >= 11 is 0. The van der Waals surface area contributed by atoms with E-state index in [2.05, 4.69) is 70.4 Å². The van der Waals surface area contributed by atoms with E-state index in [1.165, 1.54) is 0 Å². The molecule has 0 amide bonds. The van der Waals surface area contributed by atoms with Crippen LogP contribution < -0.4 is 30.1 Å². The molecule has 0 bridgehead atoms. The van der Waals surface area contributed by atoms with Gasteiger partial charge in [0.1, 0.15) is 11.5 Å². The predicted octanol–water partition coefficient (Wildman–Crippen LogP) is 15.1. The second kappa shape index (κ2) is 21.4. The summed E-state index contributed by atoms with van der Waals surface area (Å²) in [6.45, 7) is 12.6. The fourth-order valence-corrected chi connectivity index (χ4v) is 14.1. The molecule has 13 rings (SSSR count). The summed E-state index contributed by atoms with van der Waals surface area (Å²) in [6.07, 6.45) is 3.58. The zero-order valence-corrected chi connectivity index (χ0v) is 48.1. The largest absolute Gasteiger partial charge is 0.509 e. The number of hydrogen-bond acceptors (Lipinski definition) is 2. The summed E-state index contributed by atoms with van der Waals surface area (Å²) in [6, 6.07) is 29.1. The minimum absolute atomic E-state index is 0. The number of rotatable bonds is 11. The number of fused-ring (bicyclic) bond motifs is 4. The van der Waals surface area contributed by atoms with E-state index < -0.39 is 155 Å². The van der Waals surface area contributed by atoms with Crippen LogP contribution in [-0.2, 0) is 31.9 Å². The molecule has 0 aliphatic rings. The molecule has 3 aromatic heterocycles. The minimum atomic E-state index is -6.21. The monoisotopic (exact) mass is 1260 g/mol. The van der Waals surface area contributed by atoms with Gasteiger partial charge in [0.25, 0.3) is 6.33 Å². The molecule has 5 nitrogen and oxygen atoms in total. The van der Waals surface area contributed by atoms with Gasteiger partial charge in [0.05, 0.1) is 26.0 Å². The van der Waals surface area contributed by atoms with Crippen molar-refractivity contribution in [1.82, 2.24) is 14.1 Å². The molecular weight excluding hydrogens is 1180 g/mol. The van der Waals surface area contributed by atoms with Gasteiger partial charge in [0, 0.05) is 61.1 Å². The number of benzene rings is 10. The Hall–Kier alpha value is -8.67. The van der Waals surface area contributed by atoms with E-state index >= 15 is 0 Å². The smallest absolute Gasteiger partial charge is 0.253 e. The molecule has 0 unspecified atom stereocenters. The molecule has 7 heteroatoms. The molecule has 0 spiro atoms. The van der Waals surface area contributed by atoms with Crippen molar-refractivity contribution in [2.45, 2.75) is 52.4 Å². The summed E-state index contributed by atoms with van der Waals surface area (Å²) in [7, 11) is -6.21. The van der Waals surface area contributed by atoms with Crippen LogP contribution in [0, 0.1) is 12.1 Å². The van der Waals surface area contributed by atoms with Gasteiger partial charge in [-0.05, 0) is 89.5 Å². The van der Waals surface area contributed by atoms with Crippen molar-refractivity contribution >= 4 is 61.7 Å². The summed E-state index contributed by atoms with van der Waals surface area (Å²) in [5.41, 5.74) is 5.72. The van der Waals surface area contributed by atoms with Gasteiger partial charge >= 0.3 is 0 Å². The predicted molar refractivity (Wildman–Crippen MR) is 333 cm³/mol. The molecule has 0 fully saturated rings. The van der Waals surface area contributed by atoms with Gasteiger partial charge in [-0.1, -0.05) is 241 Å².